The molecule has 131 heavy (non-hydrogen) atoms. The quantitative estimate of drug-likeness (QED) is 0.0174. The van der Waals surface area contributed by atoms with Crippen LogP contribution in [0.1, 0.15) is 144 Å². The number of esters is 3. The summed E-state index contributed by atoms with van der Waals surface area (Å²) in [5, 5.41) is 16.2. The van der Waals surface area contributed by atoms with E-state index < -0.39 is 97.9 Å². The van der Waals surface area contributed by atoms with Crippen molar-refractivity contribution >= 4 is 93.0 Å². The molecule has 6 amide bonds. The lowest BCUT2D eigenvalue weighted by molar-refractivity contribution is -0.158. The fraction of sp³-hybridized carbons (Fsp3) is 0.378. The van der Waals surface area contributed by atoms with Gasteiger partial charge in [0.05, 0.1) is 124 Å². The number of amides is 6. The maximum atomic E-state index is 12.4. The number of carbonyl (C=O) groups is 6. The van der Waals surface area contributed by atoms with Gasteiger partial charge in [0.1, 0.15) is 61.7 Å². The van der Waals surface area contributed by atoms with Crippen molar-refractivity contribution in [3.63, 3.8) is 0 Å². The molecule has 41 nitrogen and oxygen atoms in total. The Labute approximate surface area is 749 Å². The maximum absolute atomic E-state index is 12.4. The molecule has 682 valence electrons. The van der Waals surface area contributed by atoms with Crippen molar-refractivity contribution in [2.75, 3.05) is 75.2 Å². The van der Waals surface area contributed by atoms with Gasteiger partial charge in [-0.25, -0.2) is 73.6 Å². The lowest BCUT2D eigenvalue weighted by Gasteiger charge is -2.21. The van der Waals surface area contributed by atoms with Gasteiger partial charge < -0.3 is 86.8 Å². The SMILES string of the molecule is CCNC(=O)Nc1ncnc2c1ncn2C1CC(COCc2ncccc2C(=O)OCC)C2O[C@H](/C=C/c3ccccc3)OC21.CCNC(=O)Nc1ncnc2c1ncn2C1OC(COCc2ncccc2C(=O)OCC)C2O[C@@H](c3ccccc3)OC21.CCNC(=O)Nc1ncnc2c1ncn2C1OC(COCc2ncccc2C(=O)OCC)C2O[C@H](c3ccccc3)OC21. The molecule has 6 aliphatic rings. The van der Waals surface area contributed by atoms with Gasteiger partial charge in [-0.1, -0.05) is 97.1 Å². The average Bonchev–Trinajstić information content (AvgIpc) is 1.60. The van der Waals surface area contributed by atoms with Crippen LogP contribution in [0.25, 0.3) is 39.6 Å². The Morgan fingerprint density at radius 2 is 0.763 bits per heavy atom. The first-order valence-corrected chi connectivity index (χ1v) is 43.0. The number of nitrogens with zero attached hydrogens (tertiary/aromatic N) is 15. The van der Waals surface area contributed by atoms with Crippen molar-refractivity contribution in [2.24, 2.45) is 5.92 Å². The minimum absolute atomic E-state index is 0.0444. The van der Waals surface area contributed by atoms with Gasteiger partial charge >= 0.3 is 36.0 Å². The molecule has 6 N–H and O–H groups in total. The number of rotatable bonds is 31. The van der Waals surface area contributed by atoms with Crippen LogP contribution in [0.5, 0.6) is 0 Å². The summed E-state index contributed by atoms with van der Waals surface area (Å²) in [4.78, 5) is 126. The first kappa shape index (κ1) is 90.6. The second-order valence-corrected chi connectivity index (χ2v) is 30.2. The van der Waals surface area contributed by atoms with Crippen molar-refractivity contribution in [3.05, 3.63) is 240 Å². The minimum atomic E-state index is -0.672. The van der Waals surface area contributed by atoms with Crippen molar-refractivity contribution in [1.29, 1.82) is 0 Å². The number of hydrogen-bond acceptors (Lipinski definition) is 32. The highest BCUT2D eigenvalue weighted by molar-refractivity contribution is 5.98. The zero-order chi connectivity index (χ0) is 90.7. The van der Waals surface area contributed by atoms with E-state index in [0.717, 1.165) is 16.7 Å². The van der Waals surface area contributed by atoms with E-state index in [2.05, 4.69) is 91.7 Å². The molecule has 0 bridgehead atoms. The van der Waals surface area contributed by atoms with Gasteiger partial charge in [-0.2, -0.15) is 0 Å². The van der Waals surface area contributed by atoms with Crippen LogP contribution >= 0.6 is 0 Å². The van der Waals surface area contributed by atoms with Crippen LogP contribution < -0.4 is 31.9 Å². The molecule has 6 fully saturated rings. The summed E-state index contributed by atoms with van der Waals surface area (Å²) in [6.07, 6.45) is 11.5. The van der Waals surface area contributed by atoms with Crippen LogP contribution in [0.4, 0.5) is 31.8 Å². The molecular formula is C90H97N21O20. The van der Waals surface area contributed by atoms with Gasteiger partial charge in [0.15, 0.2) is 82.3 Å². The molecule has 3 aromatic carbocycles. The van der Waals surface area contributed by atoms with E-state index in [1.165, 1.54) is 19.0 Å². The standard InChI is InChI=1S/C32H35N7O6.2C29H31N7O7/c1-3-33-32(41)38-29-26-30(36-18-35-29)39(19-37-26)24-15-21(16-42-17-23-22(11-8-14-34-23)31(40)43-4-2)27-28(24)45-25(44-27)13-12-20-9-6-5-7-10-20;2*1-3-30-29(38)35-24-21-25(33-15-32-24)36(16-34-21)26-23-22(42-28(43-23)17-9-6-5-7-10-17)20(41-26)14-39-13-19-18(11-8-12-31-19)27(37)40-4-2/h5-14,18-19,21,24-25,27-28H,3-4,15-17H2,1-2H3,(H2,33,35,36,38,41);2*5-12,15-16,20,22-23,26,28H,3-4,13-14H2,1-2H3,(H2,30,32,33,35,38)/b13-12+;;/t21?,24?,25-,27?,28?;2*20?,22?,23?,26?,28-/m010/s1. The predicted octanol–water partition coefficient (Wildman–Crippen LogP) is 10.4. The summed E-state index contributed by atoms with van der Waals surface area (Å²) >= 11 is 0. The molecule has 0 radical (unpaired) electrons. The Bertz CT molecular complexity index is 5730. The van der Waals surface area contributed by atoms with Crippen LogP contribution in [0.3, 0.4) is 0 Å². The number of pyridine rings is 3. The summed E-state index contributed by atoms with van der Waals surface area (Å²) < 4.78 is 90.5. The van der Waals surface area contributed by atoms with Crippen LogP contribution in [-0.4, -0.2) is 224 Å². The Morgan fingerprint density at radius 3 is 1.17 bits per heavy atom. The van der Waals surface area contributed by atoms with E-state index in [9.17, 15) is 28.8 Å². The molecule has 12 aromatic rings. The molecule has 41 heteroatoms. The second-order valence-electron chi connectivity index (χ2n) is 30.2. The van der Waals surface area contributed by atoms with Gasteiger partial charge in [0, 0.05) is 55.3 Å². The summed E-state index contributed by atoms with van der Waals surface area (Å²) in [6.45, 7) is 13.8. The van der Waals surface area contributed by atoms with E-state index in [4.69, 9.17) is 66.3 Å². The monoisotopic (exact) mass is 1790 g/mol. The number of anilines is 3. The Hall–Kier alpha value is -13.7. The first-order valence-electron chi connectivity index (χ1n) is 43.0. The lowest BCUT2D eigenvalue weighted by Crippen LogP contribution is -2.31. The van der Waals surface area contributed by atoms with Gasteiger partial charge in [0.2, 0.25) is 0 Å². The molecule has 14 heterocycles. The highest BCUT2D eigenvalue weighted by Gasteiger charge is 2.57. The van der Waals surface area contributed by atoms with Gasteiger partial charge in [-0.3, -0.25) is 40.0 Å². The Kier molecular flexibility index (Phi) is 29.8. The Balaban J connectivity index is 0.000000144. The summed E-state index contributed by atoms with van der Waals surface area (Å²) in [6, 6.07) is 37.9. The van der Waals surface area contributed by atoms with E-state index in [1.54, 1.807) is 104 Å². The summed E-state index contributed by atoms with van der Waals surface area (Å²) in [5.41, 5.74) is 8.02. The molecule has 9 aromatic heterocycles. The van der Waals surface area contributed by atoms with Crippen molar-refractivity contribution in [3.8, 4) is 0 Å². The largest absolute Gasteiger partial charge is 0.462 e. The smallest absolute Gasteiger partial charge is 0.340 e. The topological polar surface area (TPSA) is 473 Å². The van der Waals surface area contributed by atoms with E-state index in [0.29, 0.717) is 106 Å². The van der Waals surface area contributed by atoms with Gasteiger partial charge in [-0.15, -0.1) is 0 Å². The number of fused-ring (bicyclic) bond motifs is 6. The number of imidazole rings is 3. The van der Waals surface area contributed by atoms with E-state index in [-0.39, 0.29) is 94.7 Å². The van der Waals surface area contributed by atoms with Crippen molar-refractivity contribution in [1.82, 2.24) is 89.5 Å². The molecule has 18 rings (SSSR count). The van der Waals surface area contributed by atoms with E-state index in [1.807, 2.05) is 128 Å². The number of hydrogen-bond donors (Lipinski definition) is 6. The maximum Gasteiger partial charge on any atom is 0.340 e. The van der Waals surface area contributed by atoms with Crippen LogP contribution in [0, 0.1) is 5.92 Å². The molecule has 0 spiro atoms. The predicted molar refractivity (Wildman–Crippen MR) is 465 cm³/mol. The number of carbonyl (C=O) groups excluding carboxylic acids is 6. The third kappa shape index (κ3) is 20.9. The number of urea groups is 3. The Morgan fingerprint density at radius 1 is 0.389 bits per heavy atom. The fourth-order valence-electron chi connectivity index (χ4n) is 16.0. The minimum Gasteiger partial charge on any atom is -0.462 e. The normalized spacial score (nSPS) is 22.7. The van der Waals surface area contributed by atoms with Crippen LogP contribution in [0.2, 0.25) is 0 Å². The summed E-state index contributed by atoms with van der Waals surface area (Å²) in [5.74, 6) is -0.540. The fourth-order valence-corrected chi connectivity index (χ4v) is 16.0. The van der Waals surface area contributed by atoms with Crippen molar-refractivity contribution < 1.29 is 95.1 Å². The second kappa shape index (κ2) is 43.1. The van der Waals surface area contributed by atoms with Crippen LogP contribution in [0.15, 0.2) is 190 Å². The summed E-state index contributed by atoms with van der Waals surface area (Å²) in [7, 11) is 0. The van der Waals surface area contributed by atoms with Gasteiger partial charge in [-0.05, 0) is 96.0 Å². The zero-order valence-corrected chi connectivity index (χ0v) is 72.2. The molecule has 5 saturated heterocycles. The number of ether oxygens (including phenoxy) is 14. The molecule has 1 saturated carbocycles. The number of nitrogens with one attached hydrogen (secondary N) is 6. The molecule has 15 atom stereocenters. The lowest BCUT2D eigenvalue weighted by atomic mass is 10.1. The first-order chi connectivity index (χ1) is 64.2. The molecule has 1 aliphatic carbocycles. The molecule has 12 unspecified atom stereocenters. The molecular weight excluding hydrogens is 1700 g/mol. The third-order valence-electron chi connectivity index (χ3n) is 21.8. The average molecular weight is 1790 g/mol. The highest BCUT2D eigenvalue weighted by Crippen LogP contribution is 2.49. The third-order valence-corrected chi connectivity index (χ3v) is 21.8. The van der Waals surface area contributed by atoms with Crippen molar-refractivity contribution in [2.45, 2.75) is 154 Å². The van der Waals surface area contributed by atoms with Crippen LogP contribution in [-0.2, 0) is 86.1 Å². The zero-order valence-electron chi connectivity index (χ0n) is 72.2. The molecule has 5 aliphatic heterocycles. The highest BCUT2D eigenvalue weighted by atomic mass is 16.8. The van der Waals surface area contributed by atoms with Gasteiger partial charge in [0.25, 0.3) is 0 Å². The number of aromatic nitrogens is 15. The number of benzene rings is 3. The van der Waals surface area contributed by atoms with E-state index >= 15 is 0 Å².